The van der Waals surface area contributed by atoms with Crippen LogP contribution in [-0.2, 0) is 9.53 Å². The van der Waals surface area contributed by atoms with Gasteiger partial charge in [0.15, 0.2) is 5.54 Å². The predicted octanol–water partition coefficient (Wildman–Crippen LogP) is 3.15. The summed E-state index contributed by atoms with van der Waals surface area (Å²) in [6.07, 6.45) is 0.387. The highest BCUT2D eigenvalue weighted by atomic mass is 35.5. The summed E-state index contributed by atoms with van der Waals surface area (Å²) >= 11 is 0. The first-order valence-electron chi connectivity index (χ1n) is 9.18. The van der Waals surface area contributed by atoms with Crippen LogP contribution in [0.5, 0.6) is 0 Å². The van der Waals surface area contributed by atoms with Crippen molar-refractivity contribution in [3.63, 3.8) is 0 Å². The van der Waals surface area contributed by atoms with Crippen molar-refractivity contribution in [1.29, 1.82) is 0 Å². The summed E-state index contributed by atoms with van der Waals surface area (Å²) in [5, 5.41) is 15.2. The summed E-state index contributed by atoms with van der Waals surface area (Å²) < 4.78 is 5.48. The number of rotatable bonds is 4. The summed E-state index contributed by atoms with van der Waals surface area (Å²) in [7, 11) is 0. The van der Waals surface area contributed by atoms with Gasteiger partial charge in [0.25, 0.3) is 0 Å². The molecule has 2 aromatic carbocycles. The smallest absolute Gasteiger partial charge is 0.408 e. The van der Waals surface area contributed by atoms with Gasteiger partial charge in [-0.05, 0) is 41.6 Å². The molecular formula is C21H23ClN2O4. The van der Waals surface area contributed by atoms with E-state index in [2.05, 4.69) is 22.8 Å². The van der Waals surface area contributed by atoms with Gasteiger partial charge in [-0.25, -0.2) is 9.59 Å². The van der Waals surface area contributed by atoms with E-state index in [1.54, 1.807) is 0 Å². The van der Waals surface area contributed by atoms with E-state index in [0.29, 0.717) is 12.8 Å². The number of piperidine rings is 1. The first-order chi connectivity index (χ1) is 13.1. The first-order valence-corrected chi connectivity index (χ1v) is 9.18. The van der Waals surface area contributed by atoms with Gasteiger partial charge in [0.2, 0.25) is 0 Å². The molecule has 0 saturated carbocycles. The number of carboxylic acids is 1. The van der Waals surface area contributed by atoms with Crippen LogP contribution in [0.25, 0.3) is 11.1 Å². The van der Waals surface area contributed by atoms with Gasteiger partial charge in [-0.2, -0.15) is 0 Å². The Morgan fingerprint density at radius 2 is 1.71 bits per heavy atom. The molecular weight excluding hydrogens is 380 g/mol. The molecule has 0 aromatic heterocycles. The van der Waals surface area contributed by atoms with Crippen LogP contribution in [0.15, 0.2) is 48.5 Å². The van der Waals surface area contributed by atoms with E-state index in [9.17, 15) is 14.7 Å². The van der Waals surface area contributed by atoms with Gasteiger partial charge < -0.3 is 20.5 Å². The number of hydrogen-bond donors (Lipinski definition) is 3. The lowest BCUT2D eigenvalue weighted by Gasteiger charge is -2.34. The van der Waals surface area contributed by atoms with Gasteiger partial charge in [-0.1, -0.05) is 48.5 Å². The molecule has 1 atom stereocenters. The fourth-order valence-electron chi connectivity index (χ4n) is 4.08. The molecule has 1 unspecified atom stereocenters. The van der Waals surface area contributed by atoms with Gasteiger partial charge in [0.05, 0.1) is 0 Å². The molecule has 2 aromatic rings. The number of benzene rings is 2. The minimum Gasteiger partial charge on any atom is -0.479 e. The van der Waals surface area contributed by atoms with Gasteiger partial charge in [0.1, 0.15) is 6.61 Å². The van der Waals surface area contributed by atoms with Crippen molar-refractivity contribution >= 4 is 24.5 Å². The number of carboxylic acid groups (broad SMARTS) is 1. The average Bonchev–Trinajstić information content (AvgIpc) is 3.01. The summed E-state index contributed by atoms with van der Waals surface area (Å²) in [6.45, 7) is 1.12. The Hall–Kier alpha value is -2.57. The second-order valence-electron chi connectivity index (χ2n) is 7.12. The molecule has 1 aliphatic heterocycles. The van der Waals surface area contributed by atoms with Crippen LogP contribution in [0, 0.1) is 0 Å². The van der Waals surface area contributed by atoms with Gasteiger partial charge in [-0.3, -0.25) is 0 Å². The van der Waals surface area contributed by atoms with Gasteiger partial charge >= 0.3 is 12.1 Å². The topological polar surface area (TPSA) is 87.7 Å². The van der Waals surface area contributed by atoms with E-state index in [1.165, 1.54) is 0 Å². The molecule has 0 radical (unpaired) electrons. The number of amides is 1. The van der Waals surface area contributed by atoms with E-state index in [-0.39, 0.29) is 31.5 Å². The Balaban J connectivity index is 0.00000225. The van der Waals surface area contributed by atoms with E-state index in [4.69, 9.17) is 4.74 Å². The molecule has 1 fully saturated rings. The minimum atomic E-state index is -1.30. The highest BCUT2D eigenvalue weighted by Crippen LogP contribution is 2.44. The molecule has 148 valence electrons. The van der Waals surface area contributed by atoms with Gasteiger partial charge in [0, 0.05) is 12.5 Å². The number of aliphatic carboxylic acids is 1. The molecule has 1 aliphatic carbocycles. The Kier molecular flexibility index (Phi) is 5.91. The van der Waals surface area contributed by atoms with Crippen molar-refractivity contribution in [2.75, 3.05) is 19.7 Å². The lowest BCUT2D eigenvalue weighted by molar-refractivity contribution is -0.145. The standard InChI is InChI=1S/C21H22N2O4.ClH/c24-19(25)21(10-5-11-22-13-21)23-20(26)27-12-18-16-8-3-1-6-14(16)15-7-2-4-9-17(15)18;/h1-4,6-9,18,22H,5,10-13H2,(H,23,26)(H,24,25);1H. The summed E-state index contributed by atoms with van der Waals surface area (Å²) in [4.78, 5) is 24.1. The molecule has 1 heterocycles. The fraction of sp³-hybridized carbons (Fsp3) is 0.333. The van der Waals surface area contributed by atoms with Crippen LogP contribution in [0.3, 0.4) is 0 Å². The van der Waals surface area contributed by atoms with Crippen molar-refractivity contribution in [3.05, 3.63) is 59.7 Å². The number of nitrogens with one attached hydrogen (secondary N) is 2. The zero-order valence-electron chi connectivity index (χ0n) is 15.3. The average molecular weight is 403 g/mol. The number of alkyl carbamates (subject to hydrolysis) is 1. The lowest BCUT2D eigenvalue weighted by Crippen LogP contribution is -2.62. The van der Waals surface area contributed by atoms with E-state index >= 15 is 0 Å². The van der Waals surface area contributed by atoms with Crippen molar-refractivity contribution in [1.82, 2.24) is 10.6 Å². The predicted molar refractivity (Wildman–Crippen MR) is 108 cm³/mol. The third-order valence-corrected chi connectivity index (χ3v) is 5.48. The van der Waals surface area contributed by atoms with Crippen LogP contribution in [0.2, 0.25) is 0 Å². The SMILES string of the molecule is Cl.O=C(NC1(C(=O)O)CCCNC1)OCC1c2ccccc2-c2ccccc21. The Bertz CT molecular complexity index is 835. The summed E-state index contributed by atoms with van der Waals surface area (Å²) in [6, 6.07) is 16.2. The molecule has 1 amide bonds. The monoisotopic (exact) mass is 402 g/mol. The van der Waals surface area contributed by atoms with Crippen molar-refractivity contribution in [2.24, 2.45) is 0 Å². The van der Waals surface area contributed by atoms with E-state index < -0.39 is 17.6 Å². The molecule has 0 bridgehead atoms. The molecule has 0 spiro atoms. The quantitative estimate of drug-likeness (QED) is 0.731. The second-order valence-corrected chi connectivity index (χ2v) is 7.12. The molecule has 3 N–H and O–H groups in total. The molecule has 1 saturated heterocycles. The molecule has 4 rings (SSSR count). The third kappa shape index (κ3) is 3.57. The van der Waals surface area contributed by atoms with Gasteiger partial charge in [-0.15, -0.1) is 12.4 Å². The van der Waals surface area contributed by atoms with Crippen molar-refractivity contribution in [3.8, 4) is 11.1 Å². The fourth-order valence-corrected chi connectivity index (χ4v) is 4.08. The maximum Gasteiger partial charge on any atom is 0.408 e. The van der Waals surface area contributed by atoms with E-state index in [1.807, 2.05) is 36.4 Å². The maximum atomic E-state index is 12.4. The molecule has 2 aliphatic rings. The number of carbonyl (C=O) groups is 2. The first kappa shape index (κ1) is 20.2. The van der Waals surface area contributed by atoms with Crippen LogP contribution < -0.4 is 10.6 Å². The summed E-state index contributed by atoms with van der Waals surface area (Å²) in [5.41, 5.74) is 3.25. The Labute approximate surface area is 169 Å². The third-order valence-electron chi connectivity index (χ3n) is 5.48. The van der Waals surface area contributed by atoms with Crippen molar-refractivity contribution < 1.29 is 19.4 Å². The number of ether oxygens (including phenoxy) is 1. The molecule has 28 heavy (non-hydrogen) atoms. The summed E-state index contributed by atoms with van der Waals surface area (Å²) in [5.74, 6) is -1.09. The number of halogens is 1. The number of fused-ring (bicyclic) bond motifs is 3. The van der Waals surface area contributed by atoms with Crippen LogP contribution in [0.4, 0.5) is 4.79 Å². The largest absolute Gasteiger partial charge is 0.479 e. The van der Waals surface area contributed by atoms with Crippen molar-refractivity contribution in [2.45, 2.75) is 24.3 Å². The zero-order chi connectivity index (χ0) is 18.9. The Morgan fingerprint density at radius 3 is 2.25 bits per heavy atom. The second kappa shape index (κ2) is 8.20. The number of carbonyl (C=O) groups excluding carboxylic acids is 1. The zero-order valence-corrected chi connectivity index (χ0v) is 16.1. The number of hydrogen-bond acceptors (Lipinski definition) is 4. The normalized spacial score (nSPS) is 20.4. The lowest BCUT2D eigenvalue weighted by atomic mass is 9.90. The van der Waals surface area contributed by atoms with Crippen LogP contribution >= 0.6 is 12.4 Å². The molecule has 7 heteroatoms. The highest BCUT2D eigenvalue weighted by Gasteiger charge is 2.42. The Morgan fingerprint density at radius 1 is 1.11 bits per heavy atom. The highest BCUT2D eigenvalue weighted by molar-refractivity contribution is 5.85. The minimum absolute atomic E-state index is 0. The van der Waals surface area contributed by atoms with E-state index in [0.717, 1.165) is 28.8 Å². The van der Waals surface area contributed by atoms with Crippen LogP contribution in [-0.4, -0.2) is 42.4 Å². The van der Waals surface area contributed by atoms with Crippen LogP contribution in [0.1, 0.15) is 29.9 Å². The molecule has 6 nitrogen and oxygen atoms in total. The maximum absolute atomic E-state index is 12.4.